The van der Waals surface area contributed by atoms with Crippen molar-refractivity contribution in [2.45, 2.75) is 25.7 Å². The van der Waals surface area contributed by atoms with Gasteiger partial charge in [0, 0.05) is 17.5 Å². The number of rotatable bonds is 9. The van der Waals surface area contributed by atoms with E-state index in [9.17, 15) is 14.9 Å². The molecule has 1 aromatic carbocycles. The van der Waals surface area contributed by atoms with Crippen molar-refractivity contribution in [3.8, 4) is 17.6 Å². The molecule has 1 aromatic heterocycles. The summed E-state index contributed by atoms with van der Waals surface area (Å²) in [5.41, 5.74) is 1.62. The van der Waals surface area contributed by atoms with Crippen molar-refractivity contribution in [1.82, 2.24) is 4.98 Å². The van der Waals surface area contributed by atoms with Gasteiger partial charge in [0.05, 0.1) is 20.3 Å². The Morgan fingerprint density at radius 2 is 2.00 bits per heavy atom. The highest BCUT2D eigenvalue weighted by Gasteiger charge is 2.24. The van der Waals surface area contributed by atoms with Crippen molar-refractivity contribution in [2.24, 2.45) is 0 Å². The molecule has 0 aliphatic rings. The summed E-state index contributed by atoms with van der Waals surface area (Å²) in [6.07, 6.45) is 0.539. The van der Waals surface area contributed by atoms with Crippen molar-refractivity contribution in [3.05, 3.63) is 39.8 Å². The zero-order valence-electron chi connectivity index (χ0n) is 15.4. The Balaban J connectivity index is 1.85. The summed E-state index contributed by atoms with van der Waals surface area (Å²) in [5, 5.41) is 11.4. The maximum absolute atomic E-state index is 12.2. The first-order valence-electron chi connectivity index (χ1n) is 8.19. The number of benzene rings is 1. The van der Waals surface area contributed by atoms with Gasteiger partial charge >= 0.3 is 5.97 Å². The van der Waals surface area contributed by atoms with Crippen molar-refractivity contribution in [2.75, 3.05) is 20.8 Å². The average molecular weight is 388 g/mol. The van der Waals surface area contributed by atoms with E-state index in [1.165, 1.54) is 18.4 Å². The number of nitriles is 1. The summed E-state index contributed by atoms with van der Waals surface area (Å²) >= 11 is 1.24. The van der Waals surface area contributed by atoms with Gasteiger partial charge in [-0.1, -0.05) is 6.07 Å². The number of methoxy groups -OCH3 is 2. The van der Waals surface area contributed by atoms with Crippen LogP contribution in [0.1, 0.15) is 28.6 Å². The first-order chi connectivity index (χ1) is 13.0. The summed E-state index contributed by atoms with van der Waals surface area (Å²) in [6, 6.07) is 7.29. The first kappa shape index (κ1) is 20.4. The van der Waals surface area contributed by atoms with Gasteiger partial charge in [0.15, 0.2) is 29.8 Å². The fourth-order valence-electron chi connectivity index (χ4n) is 2.36. The van der Waals surface area contributed by atoms with Crippen molar-refractivity contribution in [3.63, 3.8) is 0 Å². The number of esters is 1. The molecule has 0 saturated heterocycles. The van der Waals surface area contributed by atoms with Crippen LogP contribution in [0.2, 0.25) is 0 Å². The normalized spacial score (nSPS) is 11.3. The Morgan fingerprint density at radius 3 is 2.59 bits per heavy atom. The van der Waals surface area contributed by atoms with Gasteiger partial charge in [0.25, 0.3) is 0 Å². The molecule has 8 heteroatoms. The van der Waals surface area contributed by atoms with Gasteiger partial charge in [-0.3, -0.25) is 9.59 Å². The molecular formula is C19H20N2O5S. The van der Waals surface area contributed by atoms with Crippen LogP contribution in [0.3, 0.4) is 0 Å². The molecule has 0 aliphatic carbocycles. The van der Waals surface area contributed by atoms with E-state index in [1.54, 1.807) is 31.5 Å². The molecule has 2 rings (SSSR count). The lowest BCUT2D eigenvalue weighted by Gasteiger charge is -2.10. The van der Waals surface area contributed by atoms with Crippen LogP contribution in [-0.2, 0) is 20.7 Å². The zero-order valence-corrected chi connectivity index (χ0v) is 16.2. The van der Waals surface area contributed by atoms with Gasteiger partial charge < -0.3 is 14.2 Å². The summed E-state index contributed by atoms with van der Waals surface area (Å²) in [7, 11) is 3.09. The number of nitrogens with zero attached hydrogens (tertiary/aromatic N) is 2. The third-order valence-corrected chi connectivity index (χ3v) is 4.80. The zero-order chi connectivity index (χ0) is 19.8. The van der Waals surface area contributed by atoms with E-state index in [1.807, 2.05) is 12.1 Å². The number of ketones is 1. The van der Waals surface area contributed by atoms with E-state index in [-0.39, 0.29) is 6.42 Å². The molecule has 7 nitrogen and oxygen atoms in total. The molecule has 0 spiro atoms. The number of aromatic nitrogens is 1. The van der Waals surface area contributed by atoms with Gasteiger partial charge in [0.1, 0.15) is 5.01 Å². The molecule has 0 saturated carbocycles. The number of carbonyl (C=O) groups excluding carboxylic acids is 2. The third kappa shape index (κ3) is 5.53. The summed E-state index contributed by atoms with van der Waals surface area (Å²) in [5.74, 6) is -0.817. The fourth-order valence-corrected chi connectivity index (χ4v) is 3.22. The Kier molecular flexibility index (Phi) is 7.32. The van der Waals surface area contributed by atoms with Crippen LogP contribution < -0.4 is 9.47 Å². The standard InChI is InChI=1S/C19H20N2O5S/c1-12-11-27-19(21-12)14(9-20)15(22)10-26-18(23)7-5-13-4-6-16(24-2)17(8-13)25-3/h4,6,8,11,14H,5,7,10H2,1-3H3/t14-/m0/s1. The van der Waals surface area contributed by atoms with Crippen molar-refractivity contribution >= 4 is 23.1 Å². The lowest BCUT2D eigenvalue weighted by atomic mass is 10.1. The molecule has 27 heavy (non-hydrogen) atoms. The van der Waals surface area contributed by atoms with Gasteiger partial charge in [-0.25, -0.2) is 4.98 Å². The third-order valence-electron chi connectivity index (χ3n) is 3.78. The molecule has 0 bridgehead atoms. The molecule has 0 unspecified atom stereocenters. The molecule has 142 valence electrons. The Bertz CT molecular complexity index is 856. The molecule has 0 radical (unpaired) electrons. The molecule has 1 atom stereocenters. The quantitative estimate of drug-likeness (QED) is 0.609. The van der Waals surface area contributed by atoms with Gasteiger partial charge in [0.2, 0.25) is 0 Å². The smallest absolute Gasteiger partial charge is 0.306 e. The average Bonchev–Trinajstić information content (AvgIpc) is 3.10. The number of hydrogen-bond acceptors (Lipinski definition) is 8. The fraction of sp³-hybridized carbons (Fsp3) is 0.368. The van der Waals surface area contributed by atoms with Crippen LogP contribution >= 0.6 is 11.3 Å². The minimum Gasteiger partial charge on any atom is -0.493 e. The number of carbonyl (C=O) groups is 2. The Hall–Kier alpha value is -2.92. The van der Waals surface area contributed by atoms with E-state index in [0.29, 0.717) is 22.9 Å². The highest BCUT2D eigenvalue weighted by Crippen LogP contribution is 2.28. The predicted octanol–water partition coefficient (Wildman–Crippen LogP) is 2.82. The lowest BCUT2D eigenvalue weighted by Crippen LogP contribution is -2.20. The van der Waals surface area contributed by atoms with Crippen molar-refractivity contribution in [1.29, 1.82) is 5.26 Å². The highest BCUT2D eigenvalue weighted by atomic mass is 32.1. The number of Topliss-reactive ketones (excluding diaryl/α,β-unsaturated/α-hetero) is 1. The minimum absolute atomic E-state index is 0.107. The van der Waals surface area contributed by atoms with Gasteiger partial charge in [-0.05, 0) is 31.0 Å². The summed E-state index contributed by atoms with van der Waals surface area (Å²) in [6.45, 7) is 1.34. The van der Waals surface area contributed by atoms with Crippen LogP contribution in [0.25, 0.3) is 0 Å². The second kappa shape index (κ2) is 9.69. The molecule has 0 N–H and O–H groups in total. The second-order valence-electron chi connectivity index (χ2n) is 5.71. The Morgan fingerprint density at radius 1 is 1.26 bits per heavy atom. The summed E-state index contributed by atoms with van der Waals surface area (Å²) in [4.78, 5) is 28.2. The molecule has 1 heterocycles. The van der Waals surface area contributed by atoms with Crippen LogP contribution in [0, 0.1) is 18.3 Å². The molecule has 2 aromatic rings. The van der Waals surface area contributed by atoms with E-state index >= 15 is 0 Å². The van der Waals surface area contributed by atoms with Crippen molar-refractivity contribution < 1.29 is 23.8 Å². The molecular weight excluding hydrogens is 368 g/mol. The summed E-state index contributed by atoms with van der Waals surface area (Å²) < 4.78 is 15.4. The number of hydrogen-bond donors (Lipinski definition) is 0. The van der Waals surface area contributed by atoms with Crippen LogP contribution in [0.5, 0.6) is 11.5 Å². The van der Waals surface area contributed by atoms with E-state index in [0.717, 1.165) is 11.3 Å². The first-order valence-corrected chi connectivity index (χ1v) is 9.07. The van der Waals surface area contributed by atoms with Crippen LogP contribution in [-0.4, -0.2) is 37.6 Å². The van der Waals surface area contributed by atoms with Crippen LogP contribution in [0.4, 0.5) is 0 Å². The van der Waals surface area contributed by atoms with E-state index < -0.39 is 24.3 Å². The van der Waals surface area contributed by atoms with E-state index in [2.05, 4.69) is 4.98 Å². The van der Waals surface area contributed by atoms with Gasteiger partial charge in [-0.2, -0.15) is 5.26 Å². The monoisotopic (exact) mass is 388 g/mol. The molecule has 0 aliphatic heterocycles. The van der Waals surface area contributed by atoms with Gasteiger partial charge in [-0.15, -0.1) is 11.3 Å². The van der Waals surface area contributed by atoms with E-state index in [4.69, 9.17) is 14.2 Å². The minimum atomic E-state index is -1.01. The number of aryl methyl sites for hydroxylation is 2. The number of thiazole rings is 1. The maximum atomic E-state index is 12.2. The molecule has 0 amide bonds. The second-order valence-corrected chi connectivity index (χ2v) is 6.60. The molecule has 0 fully saturated rings. The SMILES string of the molecule is COc1ccc(CCC(=O)OCC(=O)[C@H](C#N)c2nc(C)cs2)cc1OC. The topological polar surface area (TPSA) is 98.5 Å². The lowest BCUT2D eigenvalue weighted by molar-refractivity contribution is -0.148. The van der Waals surface area contributed by atoms with Crippen LogP contribution in [0.15, 0.2) is 23.6 Å². The predicted molar refractivity (Wildman–Crippen MR) is 99.0 cm³/mol. The largest absolute Gasteiger partial charge is 0.493 e. The number of ether oxygens (including phenoxy) is 3. The Labute approximate surface area is 161 Å². The maximum Gasteiger partial charge on any atom is 0.306 e. The highest BCUT2D eigenvalue weighted by molar-refractivity contribution is 7.09.